The Morgan fingerprint density at radius 3 is 2.79 bits per heavy atom. The number of sulfone groups is 1. The van der Waals surface area contributed by atoms with Gasteiger partial charge >= 0.3 is 12.1 Å². The molecule has 0 saturated carbocycles. The summed E-state index contributed by atoms with van der Waals surface area (Å²) in [5.74, 6) is -2.37. The monoisotopic (exact) mass is 420 g/mol. The van der Waals surface area contributed by atoms with Gasteiger partial charge in [0.2, 0.25) is 0 Å². The SMILES string of the molecule is CNc1ccnc2[nH]c(C([C@@H]3CCCN3OC(=O)C(F)(F)F)S(C)(=O)=O)cc12. The maximum Gasteiger partial charge on any atom is 0.492 e. The number of rotatable bonds is 5. The topological polar surface area (TPSA) is 104 Å². The number of pyridine rings is 1. The molecule has 2 N–H and O–H groups in total. The highest BCUT2D eigenvalue weighted by molar-refractivity contribution is 7.91. The first kappa shape index (κ1) is 20.4. The van der Waals surface area contributed by atoms with Crippen LogP contribution >= 0.6 is 0 Å². The second kappa shape index (κ2) is 7.24. The molecule has 0 aliphatic carbocycles. The van der Waals surface area contributed by atoms with Crippen LogP contribution in [0.2, 0.25) is 0 Å². The Morgan fingerprint density at radius 2 is 2.18 bits per heavy atom. The van der Waals surface area contributed by atoms with E-state index in [1.807, 2.05) is 0 Å². The highest BCUT2D eigenvalue weighted by Crippen LogP contribution is 2.37. The minimum atomic E-state index is -5.17. The zero-order chi connectivity index (χ0) is 20.7. The number of carbonyl (C=O) groups excluding carboxylic acids is 1. The lowest BCUT2D eigenvalue weighted by Gasteiger charge is -2.28. The first-order valence-electron chi connectivity index (χ1n) is 8.42. The number of hydrogen-bond donors (Lipinski definition) is 2. The molecular formula is C16H19F3N4O4S. The van der Waals surface area contributed by atoms with Crippen molar-refractivity contribution in [3.8, 4) is 0 Å². The van der Waals surface area contributed by atoms with Crippen LogP contribution in [0, 0.1) is 0 Å². The molecule has 1 unspecified atom stereocenters. The Balaban J connectivity index is 2.00. The molecule has 0 aromatic carbocycles. The van der Waals surface area contributed by atoms with Gasteiger partial charge < -0.3 is 15.1 Å². The van der Waals surface area contributed by atoms with Crippen LogP contribution in [0.4, 0.5) is 18.9 Å². The number of carbonyl (C=O) groups is 1. The number of aromatic amines is 1. The van der Waals surface area contributed by atoms with Gasteiger partial charge in [0.25, 0.3) is 0 Å². The Bertz CT molecular complexity index is 989. The van der Waals surface area contributed by atoms with Crippen molar-refractivity contribution in [1.82, 2.24) is 15.0 Å². The average Bonchev–Trinajstić information content (AvgIpc) is 3.19. The van der Waals surface area contributed by atoms with Crippen LogP contribution in [0.15, 0.2) is 18.3 Å². The van der Waals surface area contributed by atoms with Crippen molar-refractivity contribution in [1.29, 1.82) is 0 Å². The predicted octanol–water partition coefficient (Wildman–Crippen LogP) is 2.18. The van der Waals surface area contributed by atoms with Crippen LogP contribution in [-0.2, 0) is 19.5 Å². The van der Waals surface area contributed by atoms with E-state index in [1.54, 1.807) is 19.2 Å². The van der Waals surface area contributed by atoms with E-state index in [-0.39, 0.29) is 18.7 Å². The highest BCUT2D eigenvalue weighted by atomic mass is 32.2. The third kappa shape index (κ3) is 3.92. The Kier molecular flexibility index (Phi) is 5.28. The number of halogens is 3. The van der Waals surface area contributed by atoms with Gasteiger partial charge in [0, 0.05) is 42.8 Å². The van der Waals surface area contributed by atoms with Crippen LogP contribution < -0.4 is 5.32 Å². The number of hydrogen-bond acceptors (Lipinski definition) is 7. The van der Waals surface area contributed by atoms with Gasteiger partial charge in [-0.05, 0) is 25.0 Å². The molecule has 2 aromatic heterocycles. The molecular weight excluding hydrogens is 401 g/mol. The second-order valence-corrected chi connectivity index (χ2v) is 8.74. The average molecular weight is 420 g/mol. The molecule has 0 radical (unpaired) electrons. The van der Waals surface area contributed by atoms with Crippen molar-refractivity contribution in [3.05, 3.63) is 24.0 Å². The Morgan fingerprint density at radius 1 is 1.46 bits per heavy atom. The molecule has 8 nitrogen and oxygen atoms in total. The van der Waals surface area contributed by atoms with E-state index in [0.717, 1.165) is 11.3 Å². The number of anilines is 1. The summed E-state index contributed by atoms with van der Waals surface area (Å²) in [6.07, 6.45) is -1.98. The Labute approximate surface area is 158 Å². The number of aromatic nitrogens is 2. The van der Waals surface area contributed by atoms with E-state index in [1.165, 1.54) is 6.20 Å². The third-order valence-electron chi connectivity index (χ3n) is 4.62. The lowest BCUT2D eigenvalue weighted by molar-refractivity contribution is -0.241. The maximum absolute atomic E-state index is 12.6. The molecule has 1 saturated heterocycles. The van der Waals surface area contributed by atoms with Crippen LogP contribution in [0.1, 0.15) is 23.8 Å². The fourth-order valence-corrected chi connectivity index (χ4v) is 4.91. The molecule has 2 atom stereocenters. The van der Waals surface area contributed by atoms with Crippen LogP contribution in [0.25, 0.3) is 11.0 Å². The van der Waals surface area contributed by atoms with Crippen molar-refractivity contribution in [2.24, 2.45) is 0 Å². The zero-order valence-electron chi connectivity index (χ0n) is 15.1. The molecule has 0 bridgehead atoms. The summed E-state index contributed by atoms with van der Waals surface area (Å²) in [5, 5.41) is 3.22. The minimum Gasteiger partial charge on any atom is -0.387 e. The van der Waals surface area contributed by atoms with E-state index in [2.05, 4.69) is 20.1 Å². The molecule has 1 aliphatic rings. The largest absolute Gasteiger partial charge is 0.492 e. The van der Waals surface area contributed by atoms with Crippen LogP contribution in [-0.4, -0.2) is 61.5 Å². The quantitative estimate of drug-likeness (QED) is 0.764. The fourth-order valence-electron chi connectivity index (χ4n) is 3.48. The van der Waals surface area contributed by atoms with Gasteiger partial charge in [-0.1, -0.05) is 0 Å². The highest BCUT2D eigenvalue weighted by Gasteiger charge is 2.47. The summed E-state index contributed by atoms with van der Waals surface area (Å²) >= 11 is 0. The molecule has 3 rings (SSSR count). The summed E-state index contributed by atoms with van der Waals surface area (Å²) in [5.41, 5.74) is 1.42. The van der Waals surface area contributed by atoms with E-state index in [4.69, 9.17) is 0 Å². The molecule has 1 aliphatic heterocycles. The smallest absolute Gasteiger partial charge is 0.387 e. The predicted molar refractivity (Wildman–Crippen MR) is 95.1 cm³/mol. The number of fused-ring (bicyclic) bond motifs is 1. The molecule has 0 spiro atoms. The Hall–Kier alpha value is -2.34. The number of hydroxylamine groups is 2. The summed E-state index contributed by atoms with van der Waals surface area (Å²) in [7, 11) is -2.07. The zero-order valence-corrected chi connectivity index (χ0v) is 15.9. The standard InChI is InChI=1S/C16H19F3N4O4S/c1-20-10-5-6-21-14-9(10)8-11(22-14)13(28(2,25)26)12-4-3-7-23(12)27-15(24)16(17,18)19/h5-6,8,12-13H,3-4,7H2,1-2H3,(H2,20,21,22)/t12-,13?/m0/s1. The lowest BCUT2D eigenvalue weighted by atomic mass is 10.1. The van der Waals surface area contributed by atoms with Crippen molar-refractivity contribution < 1.29 is 31.2 Å². The van der Waals surface area contributed by atoms with Crippen molar-refractivity contribution in [2.75, 3.05) is 25.2 Å². The van der Waals surface area contributed by atoms with E-state index in [0.29, 0.717) is 23.1 Å². The van der Waals surface area contributed by atoms with Gasteiger partial charge in [0.05, 0.1) is 6.04 Å². The van der Waals surface area contributed by atoms with Crippen LogP contribution in [0.3, 0.4) is 0 Å². The van der Waals surface area contributed by atoms with Crippen LogP contribution in [0.5, 0.6) is 0 Å². The summed E-state index contributed by atoms with van der Waals surface area (Å²) in [6.45, 7) is 0.0126. The summed E-state index contributed by atoms with van der Waals surface area (Å²) in [4.78, 5) is 22.8. The van der Waals surface area contributed by atoms with Crippen molar-refractivity contribution >= 4 is 32.5 Å². The molecule has 154 valence electrons. The molecule has 1 fully saturated rings. The number of H-pyrrole nitrogens is 1. The molecule has 0 amide bonds. The molecule has 3 heterocycles. The lowest BCUT2D eigenvalue weighted by Crippen LogP contribution is -2.42. The summed E-state index contributed by atoms with van der Waals surface area (Å²) in [6, 6.07) is 2.36. The normalized spacial score (nSPS) is 19.7. The van der Waals surface area contributed by atoms with Gasteiger partial charge in [0.15, 0.2) is 9.84 Å². The van der Waals surface area contributed by atoms with Crippen molar-refractivity contribution in [2.45, 2.75) is 30.3 Å². The summed E-state index contributed by atoms with van der Waals surface area (Å²) < 4.78 is 62.8. The number of nitrogens with one attached hydrogen (secondary N) is 2. The van der Waals surface area contributed by atoms with Crippen molar-refractivity contribution in [3.63, 3.8) is 0 Å². The van der Waals surface area contributed by atoms with Gasteiger partial charge in [-0.3, -0.25) is 0 Å². The minimum absolute atomic E-state index is 0.0126. The first-order chi connectivity index (χ1) is 13.0. The maximum atomic E-state index is 12.6. The molecule has 12 heteroatoms. The second-order valence-electron chi connectivity index (χ2n) is 6.57. The van der Waals surface area contributed by atoms with E-state index < -0.39 is 33.3 Å². The van der Waals surface area contributed by atoms with E-state index in [9.17, 15) is 26.4 Å². The molecule has 2 aromatic rings. The number of alkyl halides is 3. The van der Waals surface area contributed by atoms with Gasteiger partial charge in [-0.15, -0.1) is 5.06 Å². The van der Waals surface area contributed by atoms with Gasteiger partial charge in [-0.2, -0.15) is 13.2 Å². The fraction of sp³-hybridized carbons (Fsp3) is 0.500. The number of nitrogens with zero attached hydrogens (tertiary/aromatic N) is 2. The van der Waals surface area contributed by atoms with Gasteiger partial charge in [-0.25, -0.2) is 18.2 Å². The van der Waals surface area contributed by atoms with E-state index >= 15 is 0 Å². The first-order valence-corrected chi connectivity index (χ1v) is 10.4. The van der Waals surface area contributed by atoms with Gasteiger partial charge in [0.1, 0.15) is 10.9 Å². The third-order valence-corrected chi connectivity index (χ3v) is 6.11. The molecule has 28 heavy (non-hydrogen) atoms.